The lowest BCUT2D eigenvalue weighted by molar-refractivity contribution is 0.128. The quantitative estimate of drug-likeness (QED) is 0.847. The molecule has 0 spiro atoms. The number of anilines is 1. The first-order chi connectivity index (χ1) is 8.52. The van der Waals surface area contributed by atoms with Crippen LogP contribution in [0.1, 0.15) is 33.6 Å². The van der Waals surface area contributed by atoms with E-state index in [4.69, 9.17) is 4.74 Å². The molecule has 1 aromatic rings. The molecule has 1 aromatic heterocycles. The van der Waals surface area contributed by atoms with E-state index >= 15 is 0 Å². The minimum absolute atomic E-state index is 0.374. The molecule has 1 N–H and O–H groups in total. The molecule has 0 aromatic carbocycles. The molecule has 0 aliphatic heterocycles. The summed E-state index contributed by atoms with van der Waals surface area (Å²) in [7, 11) is 1.80. The highest BCUT2D eigenvalue weighted by Gasteiger charge is 2.14. The summed E-state index contributed by atoms with van der Waals surface area (Å²) in [5.41, 5.74) is 0. The molecule has 0 fully saturated rings. The van der Waals surface area contributed by atoms with Crippen molar-refractivity contribution in [3.8, 4) is 0 Å². The molecule has 1 amide bonds. The molecule has 0 radical (unpaired) electrons. The average molecular weight is 253 g/mol. The van der Waals surface area contributed by atoms with Crippen LogP contribution in [0.15, 0.2) is 12.3 Å². The smallest absolute Gasteiger partial charge is 0.412 e. The predicted molar refractivity (Wildman–Crippen MR) is 71.4 cm³/mol. The SMILES string of the molecule is CCCC(C)[C@@H](C)COC(=O)Nc1ccn(C)n1. The lowest BCUT2D eigenvalue weighted by Gasteiger charge is -2.18. The first-order valence-corrected chi connectivity index (χ1v) is 6.46. The van der Waals surface area contributed by atoms with Crippen molar-refractivity contribution in [3.63, 3.8) is 0 Å². The number of hydrogen-bond donors (Lipinski definition) is 1. The van der Waals surface area contributed by atoms with Crippen LogP contribution in [-0.2, 0) is 11.8 Å². The molecule has 5 heteroatoms. The molecule has 1 unspecified atom stereocenters. The first-order valence-electron chi connectivity index (χ1n) is 6.46. The Morgan fingerprint density at radius 1 is 1.50 bits per heavy atom. The Balaban J connectivity index is 2.28. The Morgan fingerprint density at radius 3 is 2.78 bits per heavy atom. The van der Waals surface area contributed by atoms with E-state index in [9.17, 15) is 4.79 Å². The van der Waals surface area contributed by atoms with E-state index in [0.29, 0.717) is 24.3 Å². The van der Waals surface area contributed by atoms with E-state index in [1.165, 1.54) is 0 Å². The standard InChI is InChI=1S/C13H23N3O2/c1-5-6-10(2)11(3)9-18-13(17)14-12-7-8-16(4)15-12/h7-8,10-11H,5-6,9H2,1-4H3,(H,14,15,17)/t10?,11-/m0/s1. The lowest BCUT2D eigenvalue weighted by Crippen LogP contribution is -2.21. The average Bonchev–Trinajstić information content (AvgIpc) is 2.72. The van der Waals surface area contributed by atoms with Crippen LogP contribution in [0, 0.1) is 11.8 Å². The van der Waals surface area contributed by atoms with Crippen LogP contribution in [0.3, 0.4) is 0 Å². The summed E-state index contributed by atoms with van der Waals surface area (Å²) in [6.07, 6.45) is 3.64. The van der Waals surface area contributed by atoms with Gasteiger partial charge >= 0.3 is 6.09 Å². The van der Waals surface area contributed by atoms with Gasteiger partial charge in [0.25, 0.3) is 0 Å². The van der Waals surface area contributed by atoms with Gasteiger partial charge in [0.2, 0.25) is 0 Å². The van der Waals surface area contributed by atoms with Crippen LogP contribution in [-0.4, -0.2) is 22.5 Å². The molecule has 102 valence electrons. The molecule has 1 heterocycles. The number of rotatable bonds is 6. The normalized spacial score (nSPS) is 14.0. The van der Waals surface area contributed by atoms with Gasteiger partial charge in [-0.05, 0) is 11.8 Å². The molecule has 0 saturated carbocycles. The van der Waals surface area contributed by atoms with Gasteiger partial charge < -0.3 is 4.74 Å². The number of aromatic nitrogens is 2. The van der Waals surface area contributed by atoms with E-state index in [1.807, 2.05) is 0 Å². The van der Waals surface area contributed by atoms with Crippen molar-refractivity contribution in [2.75, 3.05) is 11.9 Å². The molecular weight excluding hydrogens is 230 g/mol. The minimum Gasteiger partial charge on any atom is -0.449 e. The summed E-state index contributed by atoms with van der Waals surface area (Å²) in [6, 6.07) is 1.73. The van der Waals surface area contributed by atoms with Crippen LogP contribution in [0.25, 0.3) is 0 Å². The third-order valence-electron chi connectivity index (χ3n) is 3.14. The zero-order valence-corrected chi connectivity index (χ0v) is 11.6. The van der Waals surface area contributed by atoms with Crippen molar-refractivity contribution in [2.24, 2.45) is 18.9 Å². The van der Waals surface area contributed by atoms with Crippen molar-refractivity contribution in [1.82, 2.24) is 9.78 Å². The molecule has 2 atom stereocenters. The molecule has 5 nitrogen and oxygen atoms in total. The second-order valence-corrected chi connectivity index (χ2v) is 4.84. The Morgan fingerprint density at radius 2 is 2.22 bits per heavy atom. The van der Waals surface area contributed by atoms with Gasteiger partial charge in [-0.25, -0.2) is 4.79 Å². The van der Waals surface area contributed by atoms with Crippen LogP contribution in [0.2, 0.25) is 0 Å². The van der Waals surface area contributed by atoms with Gasteiger partial charge in [-0.1, -0.05) is 33.6 Å². The number of carbonyl (C=O) groups is 1. The van der Waals surface area contributed by atoms with Gasteiger partial charge in [0, 0.05) is 19.3 Å². The van der Waals surface area contributed by atoms with E-state index in [-0.39, 0.29) is 0 Å². The summed E-state index contributed by atoms with van der Waals surface area (Å²) in [5.74, 6) is 1.45. The highest BCUT2D eigenvalue weighted by atomic mass is 16.5. The number of nitrogens with one attached hydrogen (secondary N) is 1. The molecule has 0 aliphatic rings. The summed E-state index contributed by atoms with van der Waals surface area (Å²) in [4.78, 5) is 11.5. The van der Waals surface area contributed by atoms with Crippen LogP contribution >= 0.6 is 0 Å². The van der Waals surface area contributed by atoms with E-state index in [1.54, 1.807) is 24.0 Å². The van der Waals surface area contributed by atoms with Crippen LogP contribution < -0.4 is 5.32 Å². The second kappa shape index (κ2) is 7.03. The zero-order chi connectivity index (χ0) is 13.5. The zero-order valence-electron chi connectivity index (χ0n) is 11.6. The summed E-state index contributed by atoms with van der Waals surface area (Å²) in [6.45, 7) is 6.90. The molecule has 0 saturated heterocycles. The number of nitrogens with zero attached hydrogens (tertiary/aromatic N) is 2. The molecular formula is C13H23N3O2. The van der Waals surface area contributed by atoms with Gasteiger partial charge in [0.15, 0.2) is 5.82 Å². The third-order valence-corrected chi connectivity index (χ3v) is 3.14. The van der Waals surface area contributed by atoms with Gasteiger partial charge in [0.05, 0.1) is 6.61 Å². The first kappa shape index (κ1) is 14.5. The fraction of sp³-hybridized carbons (Fsp3) is 0.692. The number of ether oxygens (including phenoxy) is 1. The maximum Gasteiger partial charge on any atom is 0.412 e. The van der Waals surface area contributed by atoms with Crippen molar-refractivity contribution < 1.29 is 9.53 Å². The number of carbonyl (C=O) groups excluding carboxylic acids is 1. The lowest BCUT2D eigenvalue weighted by atomic mass is 9.93. The van der Waals surface area contributed by atoms with Crippen molar-refractivity contribution in [3.05, 3.63) is 12.3 Å². The van der Waals surface area contributed by atoms with E-state index < -0.39 is 6.09 Å². The van der Waals surface area contributed by atoms with Crippen LogP contribution in [0.4, 0.5) is 10.6 Å². The fourth-order valence-corrected chi connectivity index (χ4v) is 1.73. The van der Waals surface area contributed by atoms with Gasteiger partial charge in [-0.15, -0.1) is 0 Å². The number of aryl methyl sites for hydroxylation is 1. The maximum atomic E-state index is 11.5. The Hall–Kier alpha value is -1.52. The van der Waals surface area contributed by atoms with Gasteiger partial charge in [-0.3, -0.25) is 10.00 Å². The number of amides is 1. The Kier molecular flexibility index (Phi) is 5.68. The molecule has 0 bridgehead atoms. The summed E-state index contributed by atoms with van der Waals surface area (Å²) < 4.78 is 6.81. The topological polar surface area (TPSA) is 56.1 Å². The predicted octanol–water partition coefficient (Wildman–Crippen LogP) is 3.04. The Labute approximate surface area is 109 Å². The van der Waals surface area contributed by atoms with Crippen LogP contribution in [0.5, 0.6) is 0 Å². The highest BCUT2D eigenvalue weighted by molar-refractivity contribution is 5.83. The molecule has 1 rings (SSSR count). The molecule has 18 heavy (non-hydrogen) atoms. The maximum absolute atomic E-state index is 11.5. The largest absolute Gasteiger partial charge is 0.449 e. The van der Waals surface area contributed by atoms with Gasteiger partial charge in [0.1, 0.15) is 0 Å². The number of hydrogen-bond acceptors (Lipinski definition) is 3. The van der Waals surface area contributed by atoms with Crippen molar-refractivity contribution >= 4 is 11.9 Å². The fourth-order valence-electron chi connectivity index (χ4n) is 1.73. The summed E-state index contributed by atoms with van der Waals surface area (Å²) >= 11 is 0. The van der Waals surface area contributed by atoms with Crippen molar-refractivity contribution in [2.45, 2.75) is 33.6 Å². The van der Waals surface area contributed by atoms with E-state index in [0.717, 1.165) is 12.8 Å². The second-order valence-electron chi connectivity index (χ2n) is 4.84. The van der Waals surface area contributed by atoms with E-state index in [2.05, 4.69) is 31.2 Å². The molecule has 0 aliphatic carbocycles. The Bertz CT molecular complexity index is 376. The monoisotopic (exact) mass is 253 g/mol. The highest BCUT2D eigenvalue weighted by Crippen LogP contribution is 2.17. The minimum atomic E-state index is -0.441. The van der Waals surface area contributed by atoms with Crippen molar-refractivity contribution in [1.29, 1.82) is 0 Å². The van der Waals surface area contributed by atoms with Gasteiger partial charge in [-0.2, -0.15) is 5.10 Å². The summed E-state index contributed by atoms with van der Waals surface area (Å²) in [5, 5.41) is 6.64. The third kappa shape index (κ3) is 4.77.